The fraction of sp³-hybridized carbons (Fsp3) is 0.641. The number of hydrogen-bond donors (Lipinski definition) is 0. The van der Waals surface area contributed by atoms with E-state index in [4.69, 9.17) is 14.2 Å². The molecular weight excluding hydrogens is 865 g/mol. The van der Waals surface area contributed by atoms with Gasteiger partial charge in [-0.1, -0.05) is 239 Å². The van der Waals surface area contributed by atoms with E-state index in [9.17, 15) is 14.4 Å². The predicted octanol–water partition coefficient (Wildman–Crippen LogP) is 19.3. The maximum Gasteiger partial charge on any atom is 0.306 e. The lowest BCUT2D eigenvalue weighted by Crippen LogP contribution is -2.30. The molecule has 0 aliphatic rings. The first-order valence-electron chi connectivity index (χ1n) is 28.5. The Morgan fingerprint density at radius 3 is 0.871 bits per heavy atom. The Bertz CT molecular complexity index is 1490. The molecule has 0 fully saturated rings. The van der Waals surface area contributed by atoms with Gasteiger partial charge in [-0.2, -0.15) is 0 Å². The summed E-state index contributed by atoms with van der Waals surface area (Å²) in [6.45, 7) is 6.35. The third kappa shape index (κ3) is 54.7. The van der Waals surface area contributed by atoms with Crippen molar-refractivity contribution < 1.29 is 28.6 Å². The van der Waals surface area contributed by atoms with E-state index in [1.54, 1.807) is 0 Å². The number of carbonyl (C=O) groups is 3. The maximum absolute atomic E-state index is 12.8. The van der Waals surface area contributed by atoms with Crippen molar-refractivity contribution in [2.75, 3.05) is 13.2 Å². The molecule has 0 amide bonds. The normalized spacial score (nSPS) is 13.0. The predicted molar refractivity (Wildman–Crippen MR) is 302 cm³/mol. The van der Waals surface area contributed by atoms with E-state index in [1.165, 1.54) is 64.2 Å². The first kappa shape index (κ1) is 65.8. The zero-order valence-electron chi connectivity index (χ0n) is 45.2. The zero-order valence-corrected chi connectivity index (χ0v) is 45.2. The summed E-state index contributed by atoms with van der Waals surface area (Å²) in [5, 5.41) is 0. The number of hydrogen-bond acceptors (Lipinski definition) is 6. The van der Waals surface area contributed by atoms with Crippen LogP contribution in [0.1, 0.15) is 245 Å². The Labute approximate surface area is 431 Å². The molecule has 0 aromatic carbocycles. The summed E-state index contributed by atoms with van der Waals surface area (Å²) >= 11 is 0. The molecule has 1 unspecified atom stereocenters. The first-order chi connectivity index (χ1) is 34.5. The zero-order chi connectivity index (χ0) is 50.7. The van der Waals surface area contributed by atoms with Crippen LogP contribution < -0.4 is 0 Å². The molecule has 6 heteroatoms. The highest BCUT2D eigenvalue weighted by Gasteiger charge is 2.19. The van der Waals surface area contributed by atoms with Gasteiger partial charge in [0.2, 0.25) is 0 Å². The van der Waals surface area contributed by atoms with Gasteiger partial charge in [-0.05, 0) is 109 Å². The number of esters is 3. The van der Waals surface area contributed by atoms with Crippen LogP contribution in [0.3, 0.4) is 0 Å². The van der Waals surface area contributed by atoms with Crippen LogP contribution in [-0.2, 0) is 28.6 Å². The molecule has 1 atom stereocenters. The second-order valence-electron chi connectivity index (χ2n) is 18.4. The average Bonchev–Trinajstić information content (AvgIpc) is 3.36. The van der Waals surface area contributed by atoms with Crippen LogP contribution in [0.4, 0.5) is 0 Å². The quantitative estimate of drug-likeness (QED) is 0.0262. The van der Waals surface area contributed by atoms with Crippen molar-refractivity contribution >= 4 is 17.9 Å². The van der Waals surface area contributed by atoms with Crippen LogP contribution in [0.15, 0.2) is 122 Å². The summed E-state index contributed by atoms with van der Waals surface area (Å²) in [5.74, 6) is -0.932. The van der Waals surface area contributed by atoms with E-state index < -0.39 is 6.10 Å². The largest absolute Gasteiger partial charge is 0.462 e. The van der Waals surface area contributed by atoms with Crippen molar-refractivity contribution in [2.45, 2.75) is 252 Å². The highest BCUT2D eigenvalue weighted by molar-refractivity contribution is 5.71. The molecule has 0 radical (unpaired) electrons. The van der Waals surface area contributed by atoms with E-state index in [0.717, 1.165) is 141 Å². The van der Waals surface area contributed by atoms with Gasteiger partial charge in [-0.25, -0.2) is 0 Å². The minimum atomic E-state index is -0.795. The van der Waals surface area contributed by atoms with Crippen LogP contribution in [0, 0.1) is 0 Å². The van der Waals surface area contributed by atoms with Gasteiger partial charge in [0.1, 0.15) is 13.2 Å². The van der Waals surface area contributed by atoms with Crippen molar-refractivity contribution in [1.82, 2.24) is 0 Å². The van der Waals surface area contributed by atoms with Crippen LogP contribution in [0.25, 0.3) is 0 Å². The summed E-state index contributed by atoms with van der Waals surface area (Å²) in [6, 6.07) is 0. The van der Waals surface area contributed by atoms with Gasteiger partial charge in [0, 0.05) is 19.3 Å². The van der Waals surface area contributed by atoms with Crippen LogP contribution in [0.5, 0.6) is 0 Å². The fourth-order valence-electron chi connectivity index (χ4n) is 7.49. The molecule has 6 nitrogen and oxygen atoms in total. The highest BCUT2D eigenvalue weighted by atomic mass is 16.6. The average molecular weight is 970 g/mol. The molecule has 0 aliphatic carbocycles. The Morgan fingerprint density at radius 1 is 0.300 bits per heavy atom. The standard InChI is InChI=1S/C64H104O6/c1-4-7-10-13-16-19-21-23-25-27-28-29-30-31-32-33-34-35-36-38-39-41-43-45-48-51-54-57-63(66)69-60-61(59-68-62(65)56-53-50-47-18-15-12-9-6-3)70-64(67)58-55-52-49-46-44-42-40-37-26-24-22-20-17-14-11-8-5-2/h7-8,10-11,16-17,19-20,23-26,28-29,31-32,34-35,40,42,61H,4-6,9,12-15,18,21-22,27,30,33,36-39,41,43-60H2,1-3H3/b10-7-,11-8-,19-16-,20-17-,25-23-,26-24-,29-28-,32-31-,35-34-,42-40-. The topological polar surface area (TPSA) is 78.9 Å². The number of unbranched alkanes of at least 4 members (excludes halogenated alkanes) is 19. The van der Waals surface area contributed by atoms with Gasteiger partial charge in [0.15, 0.2) is 6.10 Å². The van der Waals surface area contributed by atoms with E-state index >= 15 is 0 Å². The summed E-state index contributed by atoms with van der Waals surface area (Å²) in [4.78, 5) is 38.0. The summed E-state index contributed by atoms with van der Waals surface area (Å²) in [6.07, 6.45) is 79.2. The smallest absolute Gasteiger partial charge is 0.306 e. The van der Waals surface area contributed by atoms with Crippen molar-refractivity contribution in [2.24, 2.45) is 0 Å². The fourth-order valence-corrected chi connectivity index (χ4v) is 7.49. The number of carbonyl (C=O) groups excluding carboxylic acids is 3. The van der Waals surface area contributed by atoms with Gasteiger partial charge in [0.05, 0.1) is 0 Å². The molecule has 396 valence electrons. The Morgan fingerprint density at radius 2 is 0.557 bits per heavy atom. The lowest BCUT2D eigenvalue weighted by molar-refractivity contribution is -0.167. The van der Waals surface area contributed by atoms with E-state index in [2.05, 4.69) is 142 Å². The second kappa shape index (κ2) is 57.4. The number of ether oxygens (including phenoxy) is 3. The molecule has 0 bridgehead atoms. The molecule has 0 saturated carbocycles. The minimum Gasteiger partial charge on any atom is -0.462 e. The molecule has 0 aromatic rings. The molecule has 0 N–H and O–H groups in total. The minimum absolute atomic E-state index is 0.0921. The van der Waals surface area contributed by atoms with Gasteiger partial charge < -0.3 is 14.2 Å². The molecule has 0 aliphatic heterocycles. The van der Waals surface area contributed by atoms with Gasteiger partial charge in [-0.3, -0.25) is 14.4 Å². The third-order valence-electron chi connectivity index (χ3n) is 11.7. The van der Waals surface area contributed by atoms with Crippen molar-refractivity contribution in [3.63, 3.8) is 0 Å². The second-order valence-corrected chi connectivity index (χ2v) is 18.4. The Balaban J connectivity index is 4.28. The number of allylic oxidation sites excluding steroid dienone is 20. The molecule has 0 spiro atoms. The highest BCUT2D eigenvalue weighted by Crippen LogP contribution is 2.14. The molecular formula is C64H104O6. The lowest BCUT2D eigenvalue weighted by atomic mass is 10.1. The van der Waals surface area contributed by atoms with Crippen LogP contribution in [0.2, 0.25) is 0 Å². The summed E-state index contributed by atoms with van der Waals surface area (Å²) in [5.41, 5.74) is 0. The number of rotatable bonds is 50. The van der Waals surface area contributed by atoms with Crippen LogP contribution >= 0.6 is 0 Å². The first-order valence-corrected chi connectivity index (χ1v) is 28.5. The van der Waals surface area contributed by atoms with Gasteiger partial charge in [0.25, 0.3) is 0 Å². The SMILES string of the molecule is CC/C=C\C/C=C\C/C=C\C/C=C\C/C=C\C/C=C\CCCCCCCCCCC(=O)OCC(COC(=O)CCCCCCCCCC)OC(=O)CCCCCC/C=C\C/C=C\C/C=C\C/C=C\CC. The van der Waals surface area contributed by atoms with Gasteiger partial charge in [-0.15, -0.1) is 0 Å². The van der Waals surface area contributed by atoms with Crippen LogP contribution in [-0.4, -0.2) is 37.2 Å². The molecule has 0 aromatic heterocycles. The van der Waals surface area contributed by atoms with Crippen molar-refractivity contribution in [3.8, 4) is 0 Å². The summed E-state index contributed by atoms with van der Waals surface area (Å²) in [7, 11) is 0. The van der Waals surface area contributed by atoms with E-state index in [-0.39, 0.29) is 31.1 Å². The Hall–Kier alpha value is -4.19. The van der Waals surface area contributed by atoms with Crippen molar-refractivity contribution in [3.05, 3.63) is 122 Å². The third-order valence-corrected chi connectivity index (χ3v) is 11.7. The summed E-state index contributed by atoms with van der Waals surface area (Å²) < 4.78 is 16.8. The monoisotopic (exact) mass is 969 g/mol. The molecule has 0 saturated heterocycles. The van der Waals surface area contributed by atoms with Crippen molar-refractivity contribution in [1.29, 1.82) is 0 Å². The van der Waals surface area contributed by atoms with Gasteiger partial charge >= 0.3 is 17.9 Å². The van der Waals surface area contributed by atoms with E-state index in [1.807, 2.05) is 0 Å². The lowest BCUT2D eigenvalue weighted by Gasteiger charge is -2.18. The molecule has 0 rings (SSSR count). The Kier molecular flexibility index (Phi) is 54.0. The maximum atomic E-state index is 12.8. The van der Waals surface area contributed by atoms with E-state index in [0.29, 0.717) is 19.3 Å². The molecule has 70 heavy (non-hydrogen) atoms. The molecule has 0 heterocycles.